The molecule has 1 heterocycles. The van der Waals surface area contributed by atoms with Crippen LogP contribution in [0.3, 0.4) is 0 Å². The maximum atomic E-state index is 3.59. The molecule has 1 aromatic rings. The molecule has 0 saturated carbocycles. The maximum Gasteiger partial charge on any atom is 0.0834 e. The normalized spacial score (nSPS) is 12.1. The van der Waals surface area contributed by atoms with Crippen LogP contribution in [-0.2, 0) is 5.41 Å². The summed E-state index contributed by atoms with van der Waals surface area (Å²) >= 11 is 7.83. The van der Waals surface area contributed by atoms with Crippen molar-refractivity contribution in [2.75, 3.05) is 0 Å². The Morgan fingerprint density at radius 2 is 2.14 bits per heavy atom. The zero-order valence-corrected chi connectivity index (χ0v) is 13.4. The van der Waals surface area contributed by atoms with Crippen molar-refractivity contribution in [2.45, 2.75) is 45.4 Å². The molecule has 0 nitrogen and oxygen atoms in total. The molecule has 1 rings (SSSR count). The van der Waals surface area contributed by atoms with E-state index < -0.39 is 0 Å². The first kappa shape index (κ1) is 13.0. The van der Waals surface area contributed by atoms with Crippen LogP contribution in [0.1, 0.15) is 45.6 Å². The van der Waals surface area contributed by atoms with E-state index in [1.54, 1.807) is 11.3 Å². The largest absolute Gasteiger partial charge is 0.135 e. The van der Waals surface area contributed by atoms with Gasteiger partial charge in [0.2, 0.25) is 0 Å². The molecule has 0 aliphatic carbocycles. The quantitative estimate of drug-likeness (QED) is 0.592. The predicted octanol–water partition coefficient (Wildman–Crippen LogP) is 5.58. The van der Waals surface area contributed by atoms with Gasteiger partial charge in [-0.15, -0.1) is 11.3 Å². The second-order valence-corrected chi connectivity index (χ2v) is 7.50. The molecule has 1 aromatic heterocycles. The van der Waals surface area contributed by atoms with Crippen LogP contribution in [0.15, 0.2) is 9.17 Å². The van der Waals surface area contributed by atoms with Crippen molar-refractivity contribution in [3.05, 3.63) is 18.3 Å². The summed E-state index contributed by atoms with van der Waals surface area (Å²) in [5.41, 5.74) is 1.83. The Labute approximate surface area is 113 Å². The molecule has 14 heavy (non-hydrogen) atoms. The first-order valence-electron chi connectivity index (χ1n) is 4.92. The topological polar surface area (TPSA) is 0 Å². The van der Waals surface area contributed by atoms with E-state index in [1.165, 1.54) is 32.2 Å². The van der Waals surface area contributed by atoms with Crippen LogP contribution in [0.5, 0.6) is 0 Å². The lowest BCUT2D eigenvalue weighted by molar-refractivity contribution is 0.457. The van der Waals surface area contributed by atoms with Gasteiger partial charge in [-0.05, 0) is 61.3 Å². The third kappa shape index (κ3) is 2.95. The molecular weight excluding hydrogens is 371 g/mol. The van der Waals surface area contributed by atoms with Crippen molar-refractivity contribution in [3.8, 4) is 0 Å². The van der Waals surface area contributed by atoms with E-state index in [0.717, 1.165) is 0 Å². The van der Waals surface area contributed by atoms with Gasteiger partial charge in [0.15, 0.2) is 0 Å². The fraction of sp³-hybridized carbons (Fsp3) is 0.636. The minimum atomic E-state index is 0.328. The van der Waals surface area contributed by atoms with Gasteiger partial charge in [-0.3, -0.25) is 0 Å². The molecule has 0 radical (unpaired) electrons. The van der Waals surface area contributed by atoms with Crippen molar-refractivity contribution in [3.63, 3.8) is 0 Å². The molecule has 0 aromatic carbocycles. The molecule has 0 aliphatic rings. The lowest BCUT2D eigenvalue weighted by Gasteiger charge is -2.24. The van der Waals surface area contributed by atoms with Crippen LogP contribution in [0.4, 0.5) is 0 Å². The number of rotatable bonds is 4. The highest BCUT2D eigenvalue weighted by atomic mass is 127. The second-order valence-electron chi connectivity index (χ2n) is 4.22. The Balaban J connectivity index is 2.86. The van der Waals surface area contributed by atoms with Crippen LogP contribution in [0, 0.1) is 3.57 Å². The standard InChI is InChI=1S/C11H16BrIS/c1-4-5-6-11(2,3)8-7-14-10(12)9(8)13/h7H,4-6H2,1-3H3. The van der Waals surface area contributed by atoms with Gasteiger partial charge in [0.1, 0.15) is 0 Å². The van der Waals surface area contributed by atoms with E-state index in [0.29, 0.717) is 5.41 Å². The van der Waals surface area contributed by atoms with Gasteiger partial charge in [0.25, 0.3) is 0 Å². The summed E-state index contributed by atoms with van der Waals surface area (Å²) in [6.07, 6.45) is 3.88. The lowest BCUT2D eigenvalue weighted by Crippen LogP contribution is -2.17. The first-order chi connectivity index (χ1) is 6.49. The van der Waals surface area contributed by atoms with Gasteiger partial charge in [0, 0.05) is 3.57 Å². The van der Waals surface area contributed by atoms with Crippen molar-refractivity contribution >= 4 is 49.9 Å². The Kier molecular flexibility index (Phi) is 4.91. The highest BCUT2D eigenvalue weighted by Crippen LogP contribution is 2.39. The summed E-state index contributed by atoms with van der Waals surface area (Å²) in [5, 5.41) is 2.29. The summed E-state index contributed by atoms with van der Waals surface area (Å²) in [5.74, 6) is 0. The number of thiophene rings is 1. The Morgan fingerprint density at radius 1 is 1.50 bits per heavy atom. The van der Waals surface area contributed by atoms with Gasteiger partial charge >= 0.3 is 0 Å². The first-order valence-corrected chi connectivity index (χ1v) is 7.67. The Hall–Kier alpha value is 0.910. The summed E-state index contributed by atoms with van der Waals surface area (Å²) in [6.45, 7) is 6.95. The molecule has 0 N–H and O–H groups in total. The molecular formula is C11H16BrIS. The van der Waals surface area contributed by atoms with Crippen LogP contribution in [0.2, 0.25) is 0 Å². The third-order valence-electron chi connectivity index (χ3n) is 2.57. The third-order valence-corrected chi connectivity index (χ3v) is 6.52. The minimum absolute atomic E-state index is 0.328. The van der Waals surface area contributed by atoms with Crippen LogP contribution >= 0.6 is 49.9 Å². The van der Waals surface area contributed by atoms with Crippen LogP contribution in [0.25, 0.3) is 0 Å². The second kappa shape index (κ2) is 5.30. The Bertz CT molecular complexity index is 304. The fourth-order valence-corrected chi connectivity index (χ4v) is 4.37. The molecule has 0 bridgehead atoms. The zero-order valence-electron chi connectivity index (χ0n) is 8.86. The van der Waals surface area contributed by atoms with Gasteiger partial charge < -0.3 is 0 Å². The summed E-state index contributed by atoms with van der Waals surface area (Å²) in [7, 11) is 0. The summed E-state index contributed by atoms with van der Waals surface area (Å²) in [6, 6.07) is 0. The lowest BCUT2D eigenvalue weighted by atomic mass is 9.82. The summed E-state index contributed by atoms with van der Waals surface area (Å²) < 4.78 is 2.67. The number of hydrogen-bond acceptors (Lipinski definition) is 1. The van der Waals surface area contributed by atoms with Gasteiger partial charge in [-0.1, -0.05) is 33.6 Å². The molecule has 0 amide bonds. The van der Waals surface area contributed by atoms with Crippen molar-refractivity contribution in [2.24, 2.45) is 0 Å². The number of hydrogen-bond donors (Lipinski definition) is 0. The van der Waals surface area contributed by atoms with Crippen molar-refractivity contribution in [1.29, 1.82) is 0 Å². The van der Waals surface area contributed by atoms with Crippen LogP contribution in [-0.4, -0.2) is 0 Å². The maximum absolute atomic E-state index is 3.59. The van der Waals surface area contributed by atoms with E-state index in [1.807, 2.05) is 0 Å². The van der Waals surface area contributed by atoms with E-state index in [-0.39, 0.29) is 0 Å². The molecule has 0 fully saturated rings. The average Bonchev–Trinajstić information content (AvgIpc) is 2.45. The number of unbranched alkanes of at least 4 members (excludes halogenated alkanes) is 1. The van der Waals surface area contributed by atoms with Crippen molar-refractivity contribution < 1.29 is 0 Å². The van der Waals surface area contributed by atoms with E-state index in [9.17, 15) is 0 Å². The highest BCUT2D eigenvalue weighted by molar-refractivity contribution is 14.1. The molecule has 0 saturated heterocycles. The molecule has 80 valence electrons. The average molecular weight is 387 g/mol. The monoisotopic (exact) mass is 386 g/mol. The molecule has 0 aliphatic heterocycles. The molecule has 0 spiro atoms. The predicted molar refractivity (Wildman–Crippen MR) is 77.3 cm³/mol. The van der Waals surface area contributed by atoms with Crippen molar-refractivity contribution in [1.82, 2.24) is 0 Å². The van der Waals surface area contributed by atoms with Gasteiger partial charge in [0.05, 0.1) is 3.79 Å². The van der Waals surface area contributed by atoms with Crippen LogP contribution < -0.4 is 0 Å². The summed E-state index contributed by atoms with van der Waals surface area (Å²) in [4.78, 5) is 0. The van der Waals surface area contributed by atoms with Gasteiger partial charge in [-0.25, -0.2) is 0 Å². The SMILES string of the molecule is CCCCC(C)(C)c1csc(Br)c1I. The molecule has 0 unspecified atom stereocenters. The van der Waals surface area contributed by atoms with Gasteiger partial charge in [-0.2, -0.15) is 0 Å². The van der Waals surface area contributed by atoms with E-state index >= 15 is 0 Å². The fourth-order valence-electron chi connectivity index (χ4n) is 1.53. The van der Waals surface area contributed by atoms with E-state index in [4.69, 9.17) is 0 Å². The highest BCUT2D eigenvalue weighted by Gasteiger charge is 2.24. The molecule has 3 heteroatoms. The smallest absolute Gasteiger partial charge is 0.0834 e. The zero-order chi connectivity index (χ0) is 10.8. The van der Waals surface area contributed by atoms with E-state index in [2.05, 4.69) is 64.7 Å². The number of halogens is 2. The minimum Gasteiger partial charge on any atom is -0.135 e. The Morgan fingerprint density at radius 3 is 2.57 bits per heavy atom. The molecule has 0 atom stereocenters.